The van der Waals surface area contributed by atoms with Crippen molar-refractivity contribution in [3.05, 3.63) is 100 Å². The number of rotatable bonds is 6. The van der Waals surface area contributed by atoms with Crippen molar-refractivity contribution < 1.29 is 27.1 Å². The Hall–Kier alpha value is -4.12. The molecule has 0 fully saturated rings. The van der Waals surface area contributed by atoms with Gasteiger partial charge in [0.05, 0.1) is 12.7 Å². The lowest BCUT2D eigenvalue weighted by Gasteiger charge is -2.11. The fourth-order valence-corrected chi connectivity index (χ4v) is 3.15. The third kappa shape index (κ3) is 6.20. The zero-order valence-electron chi connectivity index (χ0n) is 17.4. The van der Waals surface area contributed by atoms with Crippen LogP contribution in [0.2, 0.25) is 0 Å². The minimum Gasteiger partial charge on any atom is -0.496 e. The molecule has 1 amide bonds. The highest BCUT2D eigenvalue weighted by atomic mass is 19.4. The van der Waals surface area contributed by atoms with Gasteiger partial charge in [0, 0.05) is 12.1 Å². The molecule has 0 unspecified atom stereocenters. The van der Waals surface area contributed by atoms with Crippen molar-refractivity contribution in [2.45, 2.75) is 12.6 Å². The third-order valence-electron chi connectivity index (χ3n) is 4.72. The zero-order chi connectivity index (χ0) is 24.0. The molecule has 3 aromatic rings. The van der Waals surface area contributed by atoms with E-state index in [1.54, 1.807) is 36.4 Å². The minimum absolute atomic E-state index is 0.0843. The number of carbonyl (C=O) groups is 1. The number of halogens is 4. The largest absolute Gasteiger partial charge is 0.496 e. The van der Waals surface area contributed by atoms with Crippen LogP contribution in [-0.4, -0.2) is 13.0 Å². The number of nitriles is 1. The van der Waals surface area contributed by atoms with Crippen LogP contribution in [0, 0.1) is 17.1 Å². The summed E-state index contributed by atoms with van der Waals surface area (Å²) in [6.07, 6.45) is -2.85. The van der Waals surface area contributed by atoms with E-state index in [2.05, 4.69) is 5.32 Å². The molecule has 0 spiro atoms. The Balaban J connectivity index is 1.82. The molecular formula is C25H18F4N2O2. The van der Waals surface area contributed by atoms with Crippen LogP contribution in [0.3, 0.4) is 0 Å². The summed E-state index contributed by atoms with van der Waals surface area (Å²) in [7, 11) is 1.46. The Bertz CT molecular complexity index is 1240. The Labute approximate surface area is 187 Å². The van der Waals surface area contributed by atoms with Crippen LogP contribution in [0.25, 0.3) is 6.08 Å². The smallest absolute Gasteiger partial charge is 0.416 e. The maximum Gasteiger partial charge on any atom is 0.416 e. The van der Waals surface area contributed by atoms with Gasteiger partial charge in [0.15, 0.2) is 0 Å². The quantitative estimate of drug-likeness (QED) is 0.283. The van der Waals surface area contributed by atoms with E-state index < -0.39 is 17.6 Å². The van der Waals surface area contributed by atoms with E-state index in [4.69, 9.17) is 4.74 Å². The molecule has 0 bridgehead atoms. The number of ether oxygens (including phenoxy) is 1. The van der Waals surface area contributed by atoms with Gasteiger partial charge in [0.1, 0.15) is 23.2 Å². The zero-order valence-corrected chi connectivity index (χ0v) is 17.4. The fraction of sp³-hybridized carbons (Fsp3) is 0.120. The molecule has 0 aromatic heterocycles. The first-order chi connectivity index (χ1) is 15.7. The van der Waals surface area contributed by atoms with Gasteiger partial charge in [-0.15, -0.1) is 0 Å². The predicted molar refractivity (Wildman–Crippen MR) is 116 cm³/mol. The lowest BCUT2D eigenvalue weighted by atomic mass is 10.0. The molecule has 0 radical (unpaired) electrons. The van der Waals surface area contributed by atoms with Crippen LogP contribution >= 0.6 is 0 Å². The van der Waals surface area contributed by atoms with E-state index >= 15 is 0 Å². The molecule has 3 aromatic carbocycles. The minimum atomic E-state index is -4.56. The van der Waals surface area contributed by atoms with E-state index in [1.165, 1.54) is 31.4 Å². The summed E-state index contributed by atoms with van der Waals surface area (Å²) < 4.78 is 57.5. The maximum atomic E-state index is 13.4. The predicted octanol–water partition coefficient (Wildman–Crippen LogP) is 5.99. The highest BCUT2D eigenvalue weighted by Gasteiger charge is 2.30. The topological polar surface area (TPSA) is 62.1 Å². The van der Waals surface area contributed by atoms with Crippen molar-refractivity contribution >= 4 is 17.7 Å². The first-order valence-corrected chi connectivity index (χ1v) is 9.71. The van der Waals surface area contributed by atoms with Crippen LogP contribution in [0.5, 0.6) is 5.75 Å². The Kier molecular flexibility index (Phi) is 7.13. The van der Waals surface area contributed by atoms with Crippen molar-refractivity contribution in [1.29, 1.82) is 5.26 Å². The second-order valence-electron chi connectivity index (χ2n) is 7.08. The molecule has 0 heterocycles. The number of alkyl halides is 3. The number of carbonyl (C=O) groups excluding carboxylic acids is 1. The molecule has 0 aliphatic heterocycles. The van der Waals surface area contributed by atoms with E-state index in [0.29, 0.717) is 17.7 Å². The number of anilines is 1. The maximum absolute atomic E-state index is 13.4. The Morgan fingerprint density at radius 1 is 1.09 bits per heavy atom. The summed E-state index contributed by atoms with van der Waals surface area (Å²) in [6.45, 7) is 0. The average Bonchev–Trinajstić information content (AvgIpc) is 2.77. The summed E-state index contributed by atoms with van der Waals surface area (Å²) in [5.41, 5.74) is 0.695. The third-order valence-corrected chi connectivity index (χ3v) is 4.72. The molecule has 33 heavy (non-hydrogen) atoms. The molecule has 0 aliphatic carbocycles. The van der Waals surface area contributed by atoms with Crippen molar-refractivity contribution in [2.75, 3.05) is 12.4 Å². The SMILES string of the molecule is COc1cc(/C=C(\C#N)C(=O)Nc2cccc(C(F)(F)F)c2)ccc1Cc1cccc(F)c1. The molecule has 0 aliphatic rings. The molecular weight excluding hydrogens is 436 g/mol. The summed E-state index contributed by atoms with van der Waals surface area (Å²) in [6, 6.07) is 17.0. The number of nitrogens with one attached hydrogen (secondary N) is 1. The number of hydrogen-bond donors (Lipinski definition) is 1. The molecule has 3 rings (SSSR count). The summed E-state index contributed by atoms with van der Waals surface area (Å²) >= 11 is 0. The fourth-order valence-electron chi connectivity index (χ4n) is 3.15. The number of amides is 1. The van der Waals surface area contributed by atoms with Gasteiger partial charge in [-0.25, -0.2) is 4.39 Å². The second kappa shape index (κ2) is 10.0. The van der Waals surface area contributed by atoms with Crippen molar-refractivity contribution in [2.24, 2.45) is 0 Å². The molecule has 0 saturated carbocycles. The normalized spacial score (nSPS) is 11.6. The summed E-state index contributed by atoms with van der Waals surface area (Å²) in [5, 5.41) is 11.7. The van der Waals surface area contributed by atoms with Gasteiger partial charge in [-0.3, -0.25) is 4.79 Å². The van der Waals surface area contributed by atoms with Crippen molar-refractivity contribution in [1.82, 2.24) is 0 Å². The molecule has 168 valence electrons. The van der Waals surface area contributed by atoms with Crippen LogP contribution < -0.4 is 10.1 Å². The van der Waals surface area contributed by atoms with Crippen LogP contribution in [0.15, 0.2) is 72.3 Å². The first kappa shape index (κ1) is 23.5. The average molecular weight is 454 g/mol. The number of nitrogens with zero attached hydrogens (tertiary/aromatic N) is 1. The monoisotopic (exact) mass is 454 g/mol. The van der Waals surface area contributed by atoms with E-state index in [-0.39, 0.29) is 17.1 Å². The number of hydrogen-bond acceptors (Lipinski definition) is 3. The highest BCUT2D eigenvalue weighted by Crippen LogP contribution is 2.31. The van der Waals surface area contributed by atoms with E-state index in [0.717, 1.165) is 29.3 Å². The Morgan fingerprint density at radius 3 is 2.52 bits per heavy atom. The highest BCUT2D eigenvalue weighted by molar-refractivity contribution is 6.09. The molecule has 8 heteroatoms. The second-order valence-corrected chi connectivity index (χ2v) is 7.08. The molecule has 4 nitrogen and oxygen atoms in total. The van der Waals surface area contributed by atoms with Crippen molar-refractivity contribution in [3.63, 3.8) is 0 Å². The van der Waals surface area contributed by atoms with Gasteiger partial charge >= 0.3 is 6.18 Å². The standard InChI is InChI=1S/C25H18F4N2O2/c1-33-23-13-17(8-9-18(23)10-16-4-2-6-21(26)12-16)11-19(15-30)24(32)31-22-7-3-5-20(14-22)25(27,28)29/h2-9,11-14H,10H2,1H3,(H,31,32)/b19-11+. The molecule has 0 saturated heterocycles. The lowest BCUT2D eigenvalue weighted by Crippen LogP contribution is -2.14. The van der Waals surface area contributed by atoms with E-state index in [1.807, 2.05) is 0 Å². The van der Waals surface area contributed by atoms with Gasteiger partial charge in [-0.1, -0.05) is 30.3 Å². The Morgan fingerprint density at radius 2 is 1.85 bits per heavy atom. The van der Waals surface area contributed by atoms with E-state index in [9.17, 15) is 27.6 Å². The van der Waals surface area contributed by atoms with Gasteiger partial charge in [-0.2, -0.15) is 18.4 Å². The molecule has 1 N–H and O–H groups in total. The first-order valence-electron chi connectivity index (χ1n) is 9.71. The van der Waals surface area contributed by atoms with Gasteiger partial charge in [-0.05, 0) is 59.2 Å². The van der Waals surface area contributed by atoms with Crippen molar-refractivity contribution in [3.8, 4) is 11.8 Å². The molecule has 0 atom stereocenters. The van der Waals surface area contributed by atoms with Gasteiger partial charge in [0.2, 0.25) is 0 Å². The summed E-state index contributed by atoms with van der Waals surface area (Å²) in [5.74, 6) is -0.723. The van der Waals surface area contributed by atoms with Gasteiger partial charge in [0.25, 0.3) is 5.91 Å². The van der Waals surface area contributed by atoms with Crippen LogP contribution in [0.1, 0.15) is 22.3 Å². The van der Waals surface area contributed by atoms with Crippen LogP contribution in [0.4, 0.5) is 23.2 Å². The van der Waals surface area contributed by atoms with Crippen LogP contribution in [-0.2, 0) is 17.4 Å². The number of methoxy groups -OCH3 is 1. The summed E-state index contributed by atoms with van der Waals surface area (Å²) in [4.78, 5) is 12.5. The number of benzene rings is 3. The van der Waals surface area contributed by atoms with Gasteiger partial charge < -0.3 is 10.1 Å². The lowest BCUT2D eigenvalue weighted by molar-refractivity contribution is -0.137.